The summed E-state index contributed by atoms with van der Waals surface area (Å²) >= 11 is 3.48. The number of benzene rings is 3. The van der Waals surface area contributed by atoms with Gasteiger partial charge in [-0.05, 0) is 42.0 Å². The van der Waals surface area contributed by atoms with Crippen molar-refractivity contribution in [3.05, 3.63) is 101 Å². The van der Waals surface area contributed by atoms with Gasteiger partial charge in [0.25, 0.3) is 0 Å². The van der Waals surface area contributed by atoms with Crippen LogP contribution in [0.5, 0.6) is 0 Å². The van der Waals surface area contributed by atoms with Gasteiger partial charge in [-0.3, -0.25) is 9.69 Å². The fourth-order valence-electron chi connectivity index (χ4n) is 4.21. The molecule has 1 amide bonds. The monoisotopic (exact) mass is 543 g/mol. The van der Waals surface area contributed by atoms with Crippen molar-refractivity contribution in [2.45, 2.75) is 6.04 Å². The van der Waals surface area contributed by atoms with E-state index >= 15 is 0 Å². The second kappa shape index (κ2) is 11.4. The van der Waals surface area contributed by atoms with Crippen LogP contribution in [0.4, 0.5) is 17.3 Å². The molecule has 5 rings (SSSR count). The van der Waals surface area contributed by atoms with Crippen molar-refractivity contribution in [3.8, 4) is 11.3 Å². The van der Waals surface area contributed by atoms with Crippen molar-refractivity contribution >= 4 is 39.2 Å². The number of nitrogens with one attached hydrogen (secondary N) is 2. The Bertz CT molecular complexity index is 1310. The molecule has 2 heterocycles. The summed E-state index contributed by atoms with van der Waals surface area (Å²) in [6.45, 7) is 2.69. The predicted molar refractivity (Wildman–Crippen MR) is 145 cm³/mol. The van der Waals surface area contributed by atoms with Crippen LogP contribution in [0.25, 0.3) is 11.3 Å². The van der Waals surface area contributed by atoms with Gasteiger partial charge in [0.15, 0.2) is 0 Å². The van der Waals surface area contributed by atoms with Crippen LogP contribution >= 0.6 is 15.9 Å². The van der Waals surface area contributed by atoms with Gasteiger partial charge in [0.1, 0.15) is 6.04 Å². The van der Waals surface area contributed by atoms with E-state index in [0.29, 0.717) is 19.2 Å². The Morgan fingerprint density at radius 3 is 2.44 bits per heavy atom. The fraction of sp³-hybridized carbons (Fsp3) is 0.179. The molecule has 7 nitrogen and oxygen atoms in total. The molecule has 1 aromatic heterocycles. The molecule has 0 radical (unpaired) electrons. The second-order valence-corrected chi connectivity index (χ2v) is 9.34. The predicted octanol–water partition coefficient (Wildman–Crippen LogP) is 5.66. The molecule has 1 saturated heterocycles. The van der Waals surface area contributed by atoms with Crippen LogP contribution in [-0.2, 0) is 9.53 Å². The van der Waals surface area contributed by atoms with Crippen LogP contribution in [0.2, 0.25) is 0 Å². The van der Waals surface area contributed by atoms with Crippen molar-refractivity contribution < 1.29 is 9.53 Å². The van der Waals surface area contributed by atoms with E-state index < -0.39 is 0 Å². The van der Waals surface area contributed by atoms with E-state index in [1.165, 1.54) is 0 Å². The van der Waals surface area contributed by atoms with Gasteiger partial charge in [0, 0.05) is 40.7 Å². The van der Waals surface area contributed by atoms with E-state index in [0.717, 1.165) is 45.8 Å². The normalized spacial score (nSPS) is 14.7. The van der Waals surface area contributed by atoms with Crippen LogP contribution in [0.3, 0.4) is 0 Å². The molecule has 4 aromatic rings. The molecule has 182 valence electrons. The van der Waals surface area contributed by atoms with Gasteiger partial charge >= 0.3 is 0 Å². The Labute approximate surface area is 218 Å². The number of rotatable bonds is 7. The molecular formula is C28H26BrN5O2. The highest BCUT2D eigenvalue weighted by atomic mass is 79.9. The summed E-state index contributed by atoms with van der Waals surface area (Å²) in [4.78, 5) is 24.5. The quantitative estimate of drug-likeness (QED) is 0.313. The third-order valence-corrected chi connectivity index (χ3v) is 6.45. The van der Waals surface area contributed by atoms with Gasteiger partial charge < -0.3 is 15.4 Å². The van der Waals surface area contributed by atoms with Crippen molar-refractivity contribution in [2.75, 3.05) is 36.9 Å². The molecule has 36 heavy (non-hydrogen) atoms. The molecule has 1 fully saturated rings. The minimum absolute atomic E-state index is 0.0570. The maximum absolute atomic E-state index is 13.4. The summed E-state index contributed by atoms with van der Waals surface area (Å²) in [6.07, 6.45) is 1.73. The summed E-state index contributed by atoms with van der Waals surface area (Å²) in [5, 5.41) is 6.32. The van der Waals surface area contributed by atoms with Gasteiger partial charge in [0.05, 0.1) is 18.9 Å². The maximum atomic E-state index is 13.4. The zero-order valence-corrected chi connectivity index (χ0v) is 21.2. The molecule has 2 N–H and O–H groups in total. The van der Waals surface area contributed by atoms with Crippen LogP contribution in [0.15, 0.2) is 95.6 Å². The Morgan fingerprint density at radius 2 is 1.69 bits per heavy atom. The van der Waals surface area contributed by atoms with Crippen molar-refractivity contribution in [1.29, 1.82) is 0 Å². The smallest absolute Gasteiger partial charge is 0.246 e. The van der Waals surface area contributed by atoms with E-state index in [1.807, 2.05) is 84.9 Å². The van der Waals surface area contributed by atoms with Gasteiger partial charge in [-0.1, -0.05) is 64.5 Å². The van der Waals surface area contributed by atoms with E-state index in [1.54, 1.807) is 6.20 Å². The Hall–Kier alpha value is -3.59. The van der Waals surface area contributed by atoms with Crippen molar-refractivity contribution in [2.24, 2.45) is 0 Å². The SMILES string of the molecule is O=C(Nc1ccc(-c2ccnc(Nc3cccc(Br)c3)n2)cc1)C(c1ccccc1)N1CCOCC1. The number of hydrogen-bond acceptors (Lipinski definition) is 6. The lowest BCUT2D eigenvalue weighted by Crippen LogP contribution is -2.43. The average Bonchev–Trinajstić information content (AvgIpc) is 2.91. The number of carbonyl (C=O) groups is 1. The lowest BCUT2D eigenvalue weighted by atomic mass is 10.0. The third kappa shape index (κ3) is 5.96. The molecule has 0 saturated carbocycles. The van der Waals surface area contributed by atoms with Crippen LogP contribution in [0, 0.1) is 0 Å². The first kappa shape index (κ1) is 24.1. The molecule has 0 aliphatic carbocycles. The van der Waals surface area contributed by atoms with E-state index in [4.69, 9.17) is 4.74 Å². The Kier molecular flexibility index (Phi) is 7.66. The standard InChI is InChI=1S/C28H26BrN5O2/c29-22-7-4-8-24(19-22)32-28-30-14-13-25(33-28)20-9-11-23(12-10-20)31-27(35)26(21-5-2-1-3-6-21)34-15-17-36-18-16-34/h1-14,19,26H,15-18H2,(H,31,35)(H,30,32,33). The first-order valence-corrected chi connectivity index (χ1v) is 12.6. The number of carbonyl (C=O) groups excluding carboxylic acids is 1. The Balaban J connectivity index is 1.30. The molecule has 1 unspecified atom stereocenters. The van der Waals surface area contributed by atoms with Crippen LogP contribution in [-0.4, -0.2) is 47.1 Å². The Morgan fingerprint density at radius 1 is 0.917 bits per heavy atom. The summed E-state index contributed by atoms with van der Waals surface area (Å²) in [6, 6.07) is 26.9. The number of anilines is 3. The fourth-order valence-corrected chi connectivity index (χ4v) is 4.61. The summed E-state index contributed by atoms with van der Waals surface area (Å²) in [5.41, 5.74) is 4.32. The lowest BCUT2D eigenvalue weighted by molar-refractivity contribution is -0.123. The van der Waals surface area contributed by atoms with Crippen LogP contribution in [0.1, 0.15) is 11.6 Å². The summed E-state index contributed by atoms with van der Waals surface area (Å²) in [7, 11) is 0. The first-order chi connectivity index (χ1) is 17.7. The van der Waals surface area contributed by atoms with E-state index in [2.05, 4.69) is 41.4 Å². The zero-order valence-electron chi connectivity index (χ0n) is 19.6. The van der Waals surface area contributed by atoms with Crippen molar-refractivity contribution in [1.82, 2.24) is 14.9 Å². The summed E-state index contributed by atoms with van der Waals surface area (Å²) in [5.74, 6) is 0.456. The topological polar surface area (TPSA) is 79.4 Å². The number of hydrogen-bond donors (Lipinski definition) is 2. The van der Waals surface area contributed by atoms with Crippen molar-refractivity contribution in [3.63, 3.8) is 0 Å². The molecular weight excluding hydrogens is 518 g/mol. The molecule has 0 bridgehead atoms. The largest absolute Gasteiger partial charge is 0.379 e. The number of nitrogens with zero attached hydrogens (tertiary/aromatic N) is 3. The number of morpholine rings is 1. The minimum Gasteiger partial charge on any atom is -0.379 e. The summed E-state index contributed by atoms with van der Waals surface area (Å²) < 4.78 is 6.47. The van der Waals surface area contributed by atoms with E-state index in [9.17, 15) is 4.79 Å². The molecule has 3 aromatic carbocycles. The zero-order chi connectivity index (χ0) is 24.7. The minimum atomic E-state index is -0.372. The number of halogens is 1. The van der Waals surface area contributed by atoms with Gasteiger partial charge in [-0.15, -0.1) is 0 Å². The molecule has 1 atom stereocenters. The number of ether oxygens (including phenoxy) is 1. The first-order valence-electron chi connectivity index (χ1n) is 11.8. The molecule has 1 aliphatic rings. The van der Waals surface area contributed by atoms with Gasteiger partial charge in [-0.2, -0.15) is 0 Å². The van der Waals surface area contributed by atoms with Gasteiger partial charge in [-0.25, -0.2) is 9.97 Å². The highest BCUT2D eigenvalue weighted by Crippen LogP contribution is 2.26. The van der Waals surface area contributed by atoms with Gasteiger partial charge in [0.2, 0.25) is 11.9 Å². The molecule has 8 heteroatoms. The third-order valence-electron chi connectivity index (χ3n) is 5.96. The van der Waals surface area contributed by atoms with Crippen LogP contribution < -0.4 is 10.6 Å². The highest BCUT2D eigenvalue weighted by Gasteiger charge is 2.29. The highest BCUT2D eigenvalue weighted by molar-refractivity contribution is 9.10. The second-order valence-electron chi connectivity index (χ2n) is 8.43. The van der Waals surface area contributed by atoms with E-state index in [-0.39, 0.29) is 11.9 Å². The lowest BCUT2D eigenvalue weighted by Gasteiger charge is -2.33. The maximum Gasteiger partial charge on any atom is 0.246 e. The number of amides is 1. The molecule has 0 spiro atoms. The average molecular weight is 544 g/mol. The number of aromatic nitrogens is 2. The molecule has 1 aliphatic heterocycles.